The highest BCUT2D eigenvalue weighted by atomic mass is 32.2. The van der Waals surface area contributed by atoms with Crippen molar-refractivity contribution >= 4 is 50.8 Å². The largest absolute Gasteiger partial charge is 0.496 e. The van der Waals surface area contributed by atoms with Crippen molar-refractivity contribution in [3.05, 3.63) is 39.3 Å². The summed E-state index contributed by atoms with van der Waals surface area (Å²) in [5.41, 5.74) is 7.64. The number of thiazole rings is 1. The standard InChI is InChI=1S/C32H49N7O7S2/c1-17(2)15-24(36-22(8)40)29(42)38-26(18(3)4)30(43)37-23(27(41)31-34-13-14-47-31)11-10-12-35-32(33)39-48(44,45)28-19(5)16-25(46-9)20(6)21(28)7/h13-14,16-18,23-24,26H,10-12,15H2,1-9H3,(H,36,40)(H,37,43)(H,38,42)(H3,33,35,39)/t23-,24-,26-/m0/s1. The van der Waals surface area contributed by atoms with E-state index in [0.29, 0.717) is 28.9 Å². The van der Waals surface area contributed by atoms with E-state index < -0.39 is 45.7 Å². The van der Waals surface area contributed by atoms with Crippen LogP contribution in [0.4, 0.5) is 0 Å². The Labute approximate surface area is 287 Å². The molecule has 2 rings (SSSR count). The quantitative estimate of drug-likeness (QED) is 0.0707. The summed E-state index contributed by atoms with van der Waals surface area (Å²) in [5, 5.41) is 9.98. The number of hydrogen-bond donors (Lipinski definition) is 5. The van der Waals surface area contributed by atoms with Gasteiger partial charge in [-0.05, 0) is 74.6 Å². The lowest BCUT2D eigenvalue weighted by molar-refractivity contribution is -0.133. The number of aryl methyl sites for hydroxylation is 1. The molecule has 0 bridgehead atoms. The van der Waals surface area contributed by atoms with Crippen LogP contribution in [0, 0.1) is 32.6 Å². The molecule has 0 saturated carbocycles. The van der Waals surface area contributed by atoms with Gasteiger partial charge in [0.1, 0.15) is 17.8 Å². The molecule has 266 valence electrons. The smallest absolute Gasteiger partial charge is 0.264 e. The molecule has 3 amide bonds. The van der Waals surface area contributed by atoms with Crippen LogP contribution in [-0.2, 0) is 24.4 Å². The molecule has 16 heteroatoms. The van der Waals surface area contributed by atoms with Crippen LogP contribution in [0.3, 0.4) is 0 Å². The fourth-order valence-corrected chi connectivity index (χ4v) is 7.24. The minimum atomic E-state index is -4.07. The number of guanidine groups is 1. The fraction of sp³-hybridized carbons (Fsp3) is 0.562. The highest BCUT2D eigenvalue weighted by Crippen LogP contribution is 2.30. The molecule has 0 radical (unpaired) electrons. The Balaban J connectivity index is 2.18. The lowest BCUT2D eigenvalue weighted by Crippen LogP contribution is -2.57. The highest BCUT2D eigenvalue weighted by Gasteiger charge is 2.32. The molecular weight excluding hydrogens is 659 g/mol. The van der Waals surface area contributed by atoms with Gasteiger partial charge < -0.3 is 26.4 Å². The number of nitrogens with two attached hydrogens (primary N) is 1. The number of ketones is 1. The van der Waals surface area contributed by atoms with Gasteiger partial charge in [-0.15, -0.1) is 11.3 Å². The minimum absolute atomic E-state index is 0.0451. The van der Waals surface area contributed by atoms with Crippen molar-refractivity contribution in [3.63, 3.8) is 0 Å². The molecule has 0 saturated heterocycles. The Morgan fingerprint density at radius 1 is 1.00 bits per heavy atom. The fourth-order valence-electron chi connectivity index (χ4n) is 5.12. The normalized spacial score (nSPS) is 13.9. The van der Waals surface area contributed by atoms with E-state index in [2.05, 4.69) is 30.6 Å². The lowest BCUT2D eigenvalue weighted by Gasteiger charge is -2.27. The van der Waals surface area contributed by atoms with Gasteiger partial charge in [-0.2, -0.15) is 0 Å². The zero-order valence-corrected chi connectivity index (χ0v) is 30.7. The van der Waals surface area contributed by atoms with Crippen molar-refractivity contribution in [3.8, 4) is 5.75 Å². The molecule has 0 spiro atoms. The van der Waals surface area contributed by atoms with Gasteiger partial charge in [-0.1, -0.05) is 27.7 Å². The zero-order chi connectivity index (χ0) is 36.3. The average Bonchev–Trinajstić information content (AvgIpc) is 3.52. The van der Waals surface area contributed by atoms with Crippen LogP contribution in [0.15, 0.2) is 27.5 Å². The Morgan fingerprint density at radius 3 is 2.21 bits per heavy atom. The number of carbonyl (C=O) groups is 4. The minimum Gasteiger partial charge on any atom is -0.496 e. The van der Waals surface area contributed by atoms with Gasteiger partial charge in [0.25, 0.3) is 10.0 Å². The Hall–Kier alpha value is -4.05. The molecule has 2 aromatic rings. The summed E-state index contributed by atoms with van der Waals surface area (Å²) in [7, 11) is -2.55. The van der Waals surface area contributed by atoms with Gasteiger partial charge in [0.2, 0.25) is 29.5 Å². The third-order valence-electron chi connectivity index (χ3n) is 7.56. The Bertz CT molecular complexity index is 1590. The molecule has 0 aliphatic rings. The Kier molecular flexibility index (Phi) is 15.0. The molecule has 0 aliphatic carbocycles. The number of aliphatic imine (C=N–C) groups is 1. The highest BCUT2D eigenvalue weighted by molar-refractivity contribution is 7.90. The number of carbonyl (C=O) groups excluding carboxylic acids is 4. The summed E-state index contributed by atoms with van der Waals surface area (Å²) in [6.07, 6.45) is 2.24. The second-order valence-electron chi connectivity index (χ2n) is 12.4. The molecule has 1 heterocycles. The number of hydrogen-bond acceptors (Lipinski definition) is 10. The van der Waals surface area contributed by atoms with E-state index in [9.17, 15) is 27.6 Å². The van der Waals surface area contributed by atoms with Crippen molar-refractivity contribution in [1.29, 1.82) is 0 Å². The summed E-state index contributed by atoms with van der Waals surface area (Å²) in [5.74, 6) is -1.86. The number of ether oxygens (including phenoxy) is 1. The summed E-state index contributed by atoms with van der Waals surface area (Å²) in [4.78, 5) is 60.0. The summed E-state index contributed by atoms with van der Waals surface area (Å²) >= 11 is 1.13. The lowest BCUT2D eigenvalue weighted by atomic mass is 9.99. The molecular formula is C32H49N7O7S2. The zero-order valence-electron chi connectivity index (χ0n) is 29.1. The van der Waals surface area contributed by atoms with Crippen LogP contribution < -0.4 is 31.1 Å². The van der Waals surface area contributed by atoms with Crippen LogP contribution in [0.25, 0.3) is 0 Å². The van der Waals surface area contributed by atoms with Crippen molar-refractivity contribution in [2.75, 3.05) is 13.7 Å². The summed E-state index contributed by atoms with van der Waals surface area (Å²) < 4.78 is 34.0. The molecule has 1 aromatic carbocycles. The number of methoxy groups -OCH3 is 1. The van der Waals surface area contributed by atoms with E-state index in [0.717, 1.165) is 11.3 Å². The van der Waals surface area contributed by atoms with Gasteiger partial charge in [0.05, 0.1) is 18.0 Å². The van der Waals surface area contributed by atoms with Crippen molar-refractivity contribution < 1.29 is 32.3 Å². The van der Waals surface area contributed by atoms with Crippen molar-refractivity contribution in [1.82, 2.24) is 25.7 Å². The van der Waals surface area contributed by atoms with Crippen LogP contribution in [-0.4, -0.2) is 74.6 Å². The van der Waals surface area contributed by atoms with E-state index in [1.807, 2.05) is 13.8 Å². The third-order valence-corrected chi connectivity index (χ3v) is 9.99. The number of nitrogens with zero attached hydrogens (tertiary/aromatic N) is 2. The molecule has 6 N–H and O–H groups in total. The van der Waals surface area contributed by atoms with Crippen LogP contribution in [0.5, 0.6) is 5.75 Å². The number of benzene rings is 1. The van der Waals surface area contributed by atoms with Crippen molar-refractivity contribution in [2.45, 2.75) is 97.7 Å². The van der Waals surface area contributed by atoms with Gasteiger partial charge >= 0.3 is 0 Å². The van der Waals surface area contributed by atoms with E-state index in [4.69, 9.17) is 10.5 Å². The first-order valence-corrected chi connectivity index (χ1v) is 18.0. The summed E-state index contributed by atoms with van der Waals surface area (Å²) in [6.45, 7) is 13.8. The maximum atomic E-state index is 13.5. The van der Waals surface area contributed by atoms with Gasteiger partial charge in [-0.25, -0.2) is 18.1 Å². The number of aromatic nitrogens is 1. The first-order valence-electron chi connectivity index (χ1n) is 15.7. The predicted octanol–water partition coefficient (Wildman–Crippen LogP) is 2.51. The molecule has 0 fully saturated rings. The number of nitrogens with one attached hydrogen (secondary N) is 4. The molecule has 0 unspecified atom stereocenters. The molecule has 1 aromatic heterocycles. The van der Waals surface area contributed by atoms with Crippen LogP contribution in [0.1, 0.15) is 80.4 Å². The van der Waals surface area contributed by atoms with Crippen LogP contribution >= 0.6 is 11.3 Å². The number of sulfonamides is 1. The molecule has 3 atom stereocenters. The molecule has 14 nitrogen and oxygen atoms in total. The first-order chi connectivity index (χ1) is 22.4. The third kappa shape index (κ3) is 11.3. The predicted molar refractivity (Wildman–Crippen MR) is 185 cm³/mol. The van der Waals surface area contributed by atoms with E-state index in [1.54, 1.807) is 46.1 Å². The van der Waals surface area contributed by atoms with Gasteiger partial charge in [0, 0.05) is 25.0 Å². The van der Waals surface area contributed by atoms with Gasteiger partial charge in [0.15, 0.2) is 5.01 Å². The second kappa shape index (κ2) is 17.9. The van der Waals surface area contributed by atoms with E-state index in [1.165, 1.54) is 20.2 Å². The van der Waals surface area contributed by atoms with E-state index in [-0.39, 0.29) is 53.0 Å². The number of amides is 3. The van der Waals surface area contributed by atoms with Gasteiger partial charge in [-0.3, -0.25) is 24.2 Å². The maximum absolute atomic E-state index is 13.5. The average molecular weight is 708 g/mol. The SMILES string of the molecule is COc1cc(C)c(S(=O)(=O)NC(N)=NCCC[C@H](NC(=O)[C@@H](NC(=O)[C@H](CC(C)C)NC(C)=O)C(C)C)C(=O)c2nccs2)c(C)c1C. The van der Waals surface area contributed by atoms with E-state index >= 15 is 0 Å². The molecule has 0 aliphatic heterocycles. The molecule has 48 heavy (non-hydrogen) atoms. The number of rotatable bonds is 17. The van der Waals surface area contributed by atoms with Crippen molar-refractivity contribution in [2.24, 2.45) is 22.6 Å². The first kappa shape index (κ1) is 40.1. The summed E-state index contributed by atoms with van der Waals surface area (Å²) in [6, 6.07) is -1.19. The second-order valence-corrected chi connectivity index (χ2v) is 14.9. The number of Topliss-reactive ketones (excluding diaryl/α,β-unsaturated/α-hetero) is 1. The monoisotopic (exact) mass is 707 g/mol. The maximum Gasteiger partial charge on any atom is 0.264 e. The van der Waals surface area contributed by atoms with Crippen LogP contribution in [0.2, 0.25) is 0 Å². The Morgan fingerprint density at radius 2 is 1.67 bits per heavy atom. The topological polar surface area (TPSA) is 211 Å².